The predicted octanol–water partition coefficient (Wildman–Crippen LogP) is 0.754. The Balaban J connectivity index is 0. The van der Waals surface area contributed by atoms with Gasteiger partial charge in [0.2, 0.25) is 0 Å². The Hall–Kier alpha value is -0.0900. The summed E-state index contributed by atoms with van der Waals surface area (Å²) in [6, 6.07) is 0. The van der Waals surface area contributed by atoms with E-state index in [2.05, 4.69) is 12.3 Å². The van der Waals surface area contributed by atoms with Gasteiger partial charge in [0.1, 0.15) is 0 Å². The van der Waals surface area contributed by atoms with E-state index in [1.165, 1.54) is 7.05 Å². The van der Waals surface area contributed by atoms with Crippen LogP contribution in [0.3, 0.4) is 0 Å². The molecule has 3 N–H and O–H groups in total. The highest BCUT2D eigenvalue weighted by Gasteiger charge is 2.00. The van der Waals surface area contributed by atoms with E-state index >= 15 is 0 Å². The minimum Gasteiger partial charge on any atom is -0.389 e. The highest BCUT2D eigenvalue weighted by Crippen LogP contribution is 1.92. The number of ether oxygens (including phenoxy) is 1. The lowest BCUT2D eigenvalue weighted by atomic mass is 10.4. The number of hydrogen-bond donors (Lipinski definition) is 2. The summed E-state index contributed by atoms with van der Waals surface area (Å²) >= 11 is 5.31. The highest BCUT2D eigenvalue weighted by atomic mass is 35.5. The molecule has 4 heteroatoms. The van der Waals surface area contributed by atoms with E-state index in [9.17, 15) is 0 Å². The molecule has 3 nitrogen and oxygen atoms in total. The Bertz CT molecular complexity index is 109. The molecule has 0 heterocycles. The summed E-state index contributed by atoms with van der Waals surface area (Å²) < 4.78 is 5.01. The summed E-state index contributed by atoms with van der Waals surface area (Å²) in [5.74, 6) is 0.218. The fourth-order valence-corrected chi connectivity index (χ4v) is 0.503. The van der Waals surface area contributed by atoms with Crippen LogP contribution in [0.15, 0.2) is 12.2 Å². The molecule has 0 saturated carbocycles. The molecule has 0 aromatic rings. The fraction of sp³-hybridized carbons (Fsp3) is 0.750. The van der Waals surface area contributed by atoms with Gasteiger partial charge in [0, 0.05) is 0 Å². The van der Waals surface area contributed by atoms with Gasteiger partial charge in [0.05, 0.1) is 25.2 Å². The van der Waals surface area contributed by atoms with Gasteiger partial charge in [-0.1, -0.05) is 12.2 Å². The van der Waals surface area contributed by atoms with Gasteiger partial charge in [-0.3, -0.25) is 0 Å². The number of halogens is 1. The molecule has 1 unspecified atom stereocenters. The van der Waals surface area contributed by atoms with Gasteiger partial charge in [-0.05, 0) is 14.0 Å². The predicted molar refractivity (Wildman–Crippen MR) is 52.5 cm³/mol. The minimum absolute atomic E-state index is 0.218. The number of hydrogen-bond acceptors (Lipinski definition) is 3. The molecule has 0 rings (SSSR count). The number of rotatable bonds is 5. The fourth-order valence-electron chi connectivity index (χ4n) is 0.414. The van der Waals surface area contributed by atoms with Crippen LogP contribution in [-0.2, 0) is 4.74 Å². The molecule has 0 amide bonds. The molecule has 0 aliphatic heterocycles. The average molecular weight is 196 g/mol. The lowest BCUT2D eigenvalue weighted by molar-refractivity contribution is 0.0590. The standard InChI is InChI=1S/C7H13ClO2.CH5N/c1-6(2)4-10-5-7(9)3-8;1-2/h7,9H,1,3-5H2,2H3;2H2,1H3. The first kappa shape index (κ1) is 14.4. The zero-order chi connectivity index (χ0) is 9.98. The molecule has 0 spiro atoms. The summed E-state index contributed by atoms with van der Waals surface area (Å²) in [6.45, 7) is 6.29. The number of alkyl halides is 1. The van der Waals surface area contributed by atoms with E-state index in [1.54, 1.807) is 0 Å². The van der Waals surface area contributed by atoms with Gasteiger partial charge in [0.15, 0.2) is 0 Å². The smallest absolute Gasteiger partial charge is 0.0908 e. The van der Waals surface area contributed by atoms with Crippen molar-refractivity contribution in [3.8, 4) is 0 Å². The third kappa shape index (κ3) is 12.6. The van der Waals surface area contributed by atoms with Crippen molar-refractivity contribution >= 4 is 11.6 Å². The highest BCUT2D eigenvalue weighted by molar-refractivity contribution is 6.18. The summed E-state index contributed by atoms with van der Waals surface area (Å²) in [6.07, 6.45) is -0.555. The first-order valence-corrected chi connectivity index (χ1v) is 4.24. The largest absolute Gasteiger partial charge is 0.389 e. The molecule has 0 aromatic carbocycles. The number of aliphatic hydroxyl groups excluding tert-OH is 1. The quantitative estimate of drug-likeness (QED) is 0.503. The van der Waals surface area contributed by atoms with Crippen molar-refractivity contribution in [2.45, 2.75) is 13.0 Å². The van der Waals surface area contributed by atoms with E-state index in [0.717, 1.165) is 5.57 Å². The molecular formula is C8H18ClNO2. The normalized spacial score (nSPS) is 11.4. The van der Waals surface area contributed by atoms with E-state index in [0.29, 0.717) is 6.61 Å². The third-order valence-corrected chi connectivity index (χ3v) is 1.19. The second kappa shape index (κ2) is 10.9. The molecule has 0 aliphatic carbocycles. The maximum atomic E-state index is 8.88. The van der Waals surface area contributed by atoms with Crippen LogP contribution in [-0.4, -0.2) is 37.4 Å². The monoisotopic (exact) mass is 195 g/mol. The molecule has 0 radical (unpaired) electrons. The van der Waals surface area contributed by atoms with Crippen molar-refractivity contribution in [3.63, 3.8) is 0 Å². The Morgan fingerprint density at radius 1 is 1.67 bits per heavy atom. The molecule has 74 valence electrons. The lowest BCUT2D eigenvalue weighted by Gasteiger charge is -2.06. The van der Waals surface area contributed by atoms with Crippen molar-refractivity contribution in [3.05, 3.63) is 12.2 Å². The van der Waals surface area contributed by atoms with Crippen molar-refractivity contribution in [2.75, 3.05) is 26.1 Å². The Labute approximate surface area is 79.2 Å². The van der Waals surface area contributed by atoms with Crippen molar-refractivity contribution in [2.24, 2.45) is 5.73 Å². The van der Waals surface area contributed by atoms with E-state index in [1.807, 2.05) is 6.92 Å². The third-order valence-electron chi connectivity index (χ3n) is 0.837. The second-order valence-corrected chi connectivity index (χ2v) is 2.59. The lowest BCUT2D eigenvalue weighted by Crippen LogP contribution is -2.17. The minimum atomic E-state index is -0.555. The first-order valence-electron chi connectivity index (χ1n) is 3.70. The molecule has 12 heavy (non-hydrogen) atoms. The summed E-state index contributed by atoms with van der Waals surface area (Å²) in [4.78, 5) is 0. The molecule has 1 atom stereocenters. The maximum Gasteiger partial charge on any atom is 0.0908 e. The van der Waals surface area contributed by atoms with Gasteiger partial charge in [0.25, 0.3) is 0 Å². The molecular weight excluding hydrogens is 178 g/mol. The van der Waals surface area contributed by atoms with E-state index in [-0.39, 0.29) is 12.5 Å². The van der Waals surface area contributed by atoms with Gasteiger partial charge in [-0.2, -0.15) is 0 Å². The Kier molecular flexibility index (Phi) is 13.1. The topological polar surface area (TPSA) is 55.5 Å². The van der Waals surface area contributed by atoms with E-state index in [4.69, 9.17) is 21.4 Å². The Morgan fingerprint density at radius 2 is 2.17 bits per heavy atom. The summed E-state index contributed by atoms with van der Waals surface area (Å²) in [5.41, 5.74) is 5.45. The van der Waals surface area contributed by atoms with Crippen LogP contribution in [0.1, 0.15) is 6.92 Å². The van der Waals surface area contributed by atoms with Crippen molar-refractivity contribution in [1.82, 2.24) is 0 Å². The molecule has 0 fully saturated rings. The van der Waals surface area contributed by atoms with Crippen LogP contribution in [0.25, 0.3) is 0 Å². The molecule has 0 aliphatic rings. The average Bonchev–Trinajstić information content (AvgIpc) is 2.07. The van der Waals surface area contributed by atoms with Gasteiger partial charge in [-0.25, -0.2) is 0 Å². The Morgan fingerprint density at radius 3 is 2.50 bits per heavy atom. The zero-order valence-corrected chi connectivity index (χ0v) is 8.47. The van der Waals surface area contributed by atoms with Gasteiger partial charge in [-0.15, -0.1) is 11.6 Å². The number of nitrogens with two attached hydrogens (primary N) is 1. The molecule has 0 bridgehead atoms. The van der Waals surface area contributed by atoms with Crippen LogP contribution < -0.4 is 5.73 Å². The summed E-state index contributed by atoms with van der Waals surface area (Å²) in [7, 11) is 1.50. The number of aliphatic hydroxyl groups is 1. The van der Waals surface area contributed by atoms with E-state index < -0.39 is 6.10 Å². The van der Waals surface area contributed by atoms with Crippen molar-refractivity contribution < 1.29 is 9.84 Å². The van der Waals surface area contributed by atoms with Gasteiger partial charge >= 0.3 is 0 Å². The van der Waals surface area contributed by atoms with Crippen LogP contribution in [0.2, 0.25) is 0 Å². The second-order valence-electron chi connectivity index (χ2n) is 2.28. The SMILES string of the molecule is C=C(C)COCC(O)CCl.CN. The maximum absolute atomic E-state index is 8.88. The van der Waals surface area contributed by atoms with Crippen LogP contribution in [0, 0.1) is 0 Å². The van der Waals surface area contributed by atoms with Gasteiger partial charge < -0.3 is 15.6 Å². The first-order chi connectivity index (χ1) is 5.66. The van der Waals surface area contributed by atoms with Crippen LogP contribution >= 0.6 is 11.6 Å². The van der Waals surface area contributed by atoms with Crippen molar-refractivity contribution in [1.29, 1.82) is 0 Å². The van der Waals surface area contributed by atoms with Crippen LogP contribution in [0.5, 0.6) is 0 Å². The zero-order valence-electron chi connectivity index (χ0n) is 7.72. The molecule has 0 aromatic heterocycles. The summed E-state index contributed by atoms with van der Waals surface area (Å²) in [5, 5.41) is 8.88. The molecule has 0 saturated heterocycles. The van der Waals surface area contributed by atoms with Crippen LogP contribution in [0.4, 0.5) is 0 Å².